The van der Waals surface area contributed by atoms with Crippen molar-refractivity contribution in [3.05, 3.63) is 24.3 Å². The first-order valence-corrected chi connectivity index (χ1v) is 10.9. The average molecular weight is 196 g/mol. The van der Waals surface area contributed by atoms with Gasteiger partial charge in [0.2, 0.25) is 0 Å². The van der Waals surface area contributed by atoms with Gasteiger partial charge in [-0.25, -0.2) is 0 Å². The second-order valence-corrected chi connectivity index (χ2v) is 10.9. The summed E-state index contributed by atoms with van der Waals surface area (Å²) in [7, 11) is -0.937. The Labute approximate surface area is 79.6 Å². The highest BCUT2D eigenvalue weighted by molar-refractivity contribution is 6.60. The standard InChI is InChI=1S/C10H20Si2/c1-11(2)9-5-7-10(8-6-9)12(3)4/h5-12H,1-4H3. The molecule has 0 unspecified atom stereocenters. The molecule has 1 aliphatic carbocycles. The lowest BCUT2D eigenvalue weighted by molar-refractivity contribution is 1.17. The van der Waals surface area contributed by atoms with Crippen molar-refractivity contribution in [1.82, 2.24) is 0 Å². The molecule has 0 spiro atoms. The van der Waals surface area contributed by atoms with Crippen molar-refractivity contribution in [2.45, 2.75) is 37.3 Å². The smallest absolute Gasteiger partial charge is 0.0427 e. The van der Waals surface area contributed by atoms with E-state index in [1.54, 1.807) is 0 Å². The van der Waals surface area contributed by atoms with Gasteiger partial charge in [-0.3, -0.25) is 0 Å². The van der Waals surface area contributed by atoms with Crippen molar-refractivity contribution in [1.29, 1.82) is 0 Å². The van der Waals surface area contributed by atoms with Gasteiger partial charge in [-0.2, -0.15) is 0 Å². The molecule has 0 heterocycles. The summed E-state index contributed by atoms with van der Waals surface area (Å²) in [6.07, 6.45) is 9.81. The van der Waals surface area contributed by atoms with Gasteiger partial charge in [-0.15, -0.1) is 0 Å². The first kappa shape index (κ1) is 10.00. The van der Waals surface area contributed by atoms with Crippen LogP contribution in [0.4, 0.5) is 0 Å². The van der Waals surface area contributed by atoms with Crippen LogP contribution in [-0.4, -0.2) is 17.6 Å². The molecule has 2 heteroatoms. The molecule has 0 saturated carbocycles. The van der Waals surface area contributed by atoms with Crippen molar-refractivity contribution in [3.8, 4) is 0 Å². The van der Waals surface area contributed by atoms with E-state index in [9.17, 15) is 0 Å². The zero-order valence-corrected chi connectivity index (χ0v) is 10.9. The first-order chi connectivity index (χ1) is 5.61. The van der Waals surface area contributed by atoms with Crippen molar-refractivity contribution < 1.29 is 0 Å². The Hall–Kier alpha value is -0.0862. The molecule has 1 rings (SSSR count). The van der Waals surface area contributed by atoms with Gasteiger partial charge >= 0.3 is 0 Å². The molecule has 0 bridgehead atoms. The second-order valence-electron chi connectivity index (χ2n) is 4.41. The third-order valence-corrected chi connectivity index (χ3v) is 6.62. The zero-order chi connectivity index (χ0) is 9.14. The van der Waals surface area contributed by atoms with Crippen LogP contribution < -0.4 is 0 Å². The maximum Gasteiger partial charge on any atom is 0.0427 e. The Kier molecular flexibility index (Phi) is 3.53. The van der Waals surface area contributed by atoms with Crippen LogP contribution in [-0.2, 0) is 0 Å². The molecule has 0 aromatic rings. The molecule has 0 aliphatic heterocycles. The summed E-state index contributed by atoms with van der Waals surface area (Å²) in [4.78, 5) is 0. The van der Waals surface area contributed by atoms with Crippen molar-refractivity contribution in [2.75, 3.05) is 0 Å². The zero-order valence-electron chi connectivity index (χ0n) is 8.62. The molecule has 1 aliphatic rings. The van der Waals surface area contributed by atoms with Crippen molar-refractivity contribution >= 4 is 17.6 Å². The molecule has 0 radical (unpaired) electrons. The Morgan fingerprint density at radius 1 is 0.667 bits per heavy atom. The monoisotopic (exact) mass is 196 g/mol. The maximum atomic E-state index is 2.45. The Morgan fingerprint density at radius 2 is 0.917 bits per heavy atom. The highest BCUT2D eigenvalue weighted by atomic mass is 28.3. The minimum absolute atomic E-state index is 0.469. The van der Waals surface area contributed by atoms with Crippen LogP contribution in [0.15, 0.2) is 24.3 Å². The largest absolute Gasteiger partial charge is 0.0844 e. The van der Waals surface area contributed by atoms with Crippen molar-refractivity contribution in [2.24, 2.45) is 0 Å². The van der Waals surface area contributed by atoms with Gasteiger partial charge in [0.05, 0.1) is 0 Å². The van der Waals surface area contributed by atoms with Crippen LogP contribution in [0, 0.1) is 0 Å². The summed E-state index contributed by atoms with van der Waals surface area (Å²) < 4.78 is 0. The summed E-state index contributed by atoms with van der Waals surface area (Å²) in [6, 6.07) is 0. The van der Waals surface area contributed by atoms with Crippen LogP contribution in [0.2, 0.25) is 37.3 Å². The van der Waals surface area contributed by atoms with E-state index in [4.69, 9.17) is 0 Å². The fraction of sp³-hybridized carbons (Fsp3) is 0.600. The van der Waals surface area contributed by atoms with E-state index in [0.29, 0.717) is 0 Å². The maximum absolute atomic E-state index is 2.45. The quantitative estimate of drug-likeness (QED) is 0.471. The first-order valence-electron chi connectivity index (χ1n) is 4.98. The van der Waals surface area contributed by atoms with Crippen LogP contribution in [0.5, 0.6) is 0 Å². The van der Waals surface area contributed by atoms with E-state index < -0.39 is 17.6 Å². The summed E-state index contributed by atoms with van der Waals surface area (Å²) in [5.74, 6) is 0. The fourth-order valence-electron chi connectivity index (χ4n) is 1.53. The van der Waals surface area contributed by atoms with Gasteiger partial charge in [0.1, 0.15) is 0 Å². The summed E-state index contributed by atoms with van der Waals surface area (Å²) in [5.41, 5.74) is 1.66. The molecule has 68 valence electrons. The number of allylic oxidation sites excluding steroid dienone is 4. The highest BCUT2D eigenvalue weighted by Crippen LogP contribution is 2.26. The molecule has 0 saturated heterocycles. The van der Waals surface area contributed by atoms with Gasteiger partial charge in [-0.05, 0) is 11.1 Å². The van der Waals surface area contributed by atoms with E-state index in [1.165, 1.54) is 0 Å². The molecule has 0 aromatic heterocycles. The minimum Gasteiger partial charge on any atom is -0.0844 e. The van der Waals surface area contributed by atoms with Crippen molar-refractivity contribution in [3.63, 3.8) is 0 Å². The average Bonchev–Trinajstić information content (AvgIpc) is 2.04. The molecule has 12 heavy (non-hydrogen) atoms. The lowest BCUT2D eigenvalue weighted by Crippen LogP contribution is -2.14. The van der Waals surface area contributed by atoms with E-state index in [-0.39, 0.29) is 0 Å². The number of hydrogen-bond donors (Lipinski definition) is 0. The van der Waals surface area contributed by atoms with Crippen LogP contribution >= 0.6 is 0 Å². The molecular formula is C10H20Si2. The Morgan fingerprint density at radius 3 is 1.08 bits per heavy atom. The normalized spacial score (nSPS) is 28.8. The molecular weight excluding hydrogens is 176 g/mol. The van der Waals surface area contributed by atoms with Gasteiger partial charge in [0.25, 0.3) is 0 Å². The minimum atomic E-state index is -0.469. The molecule has 0 amide bonds. The Bertz CT molecular complexity index is 158. The molecule has 0 atom stereocenters. The number of hydrogen-bond acceptors (Lipinski definition) is 0. The summed E-state index contributed by atoms with van der Waals surface area (Å²) in [6.45, 7) is 9.69. The Balaban J connectivity index is 2.54. The third kappa shape index (κ3) is 2.45. The number of rotatable bonds is 2. The van der Waals surface area contributed by atoms with Crippen LogP contribution in [0.1, 0.15) is 0 Å². The van der Waals surface area contributed by atoms with E-state index in [1.807, 2.05) is 0 Å². The highest BCUT2D eigenvalue weighted by Gasteiger charge is 2.15. The van der Waals surface area contributed by atoms with Gasteiger partial charge < -0.3 is 0 Å². The molecule has 0 fully saturated rings. The predicted octanol–water partition coefficient (Wildman–Crippen LogP) is 2.83. The molecule has 0 aromatic carbocycles. The van der Waals surface area contributed by atoms with Crippen LogP contribution in [0.3, 0.4) is 0 Å². The van der Waals surface area contributed by atoms with E-state index in [2.05, 4.69) is 50.5 Å². The molecule has 0 N–H and O–H groups in total. The van der Waals surface area contributed by atoms with Gasteiger partial charge in [0.15, 0.2) is 0 Å². The SMILES string of the molecule is C[SiH](C)C1C=CC([SiH](C)C)C=C1. The second kappa shape index (κ2) is 4.24. The van der Waals surface area contributed by atoms with E-state index >= 15 is 0 Å². The molecule has 0 nitrogen and oxygen atoms in total. The van der Waals surface area contributed by atoms with Gasteiger partial charge in [-0.1, -0.05) is 50.5 Å². The topological polar surface area (TPSA) is 0 Å². The van der Waals surface area contributed by atoms with Crippen LogP contribution in [0.25, 0.3) is 0 Å². The van der Waals surface area contributed by atoms with E-state index in [0.717, 1.165) is 11.1 Å². The fourth-order valence-corrected chi connectivity index (χ4v) is 3.82. The third-order valence-electron chi connectivity index (χ3n) is 2.65. The summed E-state index contributed by atoms with van der Waals surface area (Å²) in [5, 5.41) is 0. The lowest BCUT2D eigenvalue weighted by Gasteiger charge is -2.20. The predicted molar refractivity (Wildman–Crippen MR) is 63.5 cm³/mol. The summed E-state index contributed by atoms with van der Waals surface area (Å²) >= 11 is 0. The van der Waals surface area contributed by atoms with Gasteiger partial charge in [0, 0.05) is 17.6 Å². The lowest BCUT2D eigenvalue weighted by atomic mass is 10.2.